The predicted molar refractivity (Wildman–Crippen MR) is 61.8 cm³/mol. The molecule has 0 aliphatic carbocycles. The van der Waals surface area contributed by atoms with Crippen LogP contribution in [0.4, 0.5) is 10.5 Å². The second kappa shape index (κ2) is 6.37. The molecule has 92 valence electrons. The molecule has 0 saturated heterocycles. The molecule has 0 aliphatic heterocycles. The van der Waals surface area contributed by atoms with Gasteiger partial charge in [-0.2, -0.15) is 0 Å². The van der Waals surface area contributed by atoms with Gasteiger partial charge in [0.05, 0.1) is 13.5 Å². The van der Waals surface area contributed by atoms with Gasteiger partial charge in [-0.15, -0.1) is 0 Å². The molecule has 1 rings (SSSR count). The number of carbonyl (C=O) groups excluding carboxylic acids is 2. The maximum absolute atomic E-state index is 11.3. The molecule has 0 radical (unpaired) electrons. The number of anilines is 1. The number of hydrogen-bond acceptors (Lipinski definition) is 4. The van der Waals surface area contributed by atoms with Gasteiger partial charge in [0.25, 0.3) is 0 Å². The smallest absolute Gasteiger partial charge is 0.319 e. The lowest BCUT2D eigenvalue weighted by molar-refractivity contribution is -0.140. The standard InChI is InChI=1S/C11H14N2O4/c1-17-10(15)5-6-12-11(16)13-8-3-2-4-9(14)7-8/h2-4,7,14H,5-6H2,1H3,(H2,12,13,16). The first-order valence-electron chi connectivity index (χ1n) is 5.02. The van der Waals surface area contributed by atoms with Gasteiger partial charge in [-0.05, 0) is 12.1 Å². The van der Waals surface area contributed by atoms with Crippen molar-refractivity contribution in [3.8, 4) is 5.75 Å². The van der Waals surface area contributed by atoms with E-state index in [0.717, 1.165) is 0 Å². The van der Waals surface area contributed by atoms with Gasteiger partial charge in [0.15, 0.2) is 0 Å². The molecule has 2 amide bonds. The fourth-order valence-electron chi connectivity index (χ4n) is 1.14. The van der Waals surface area contributed by atoms with E-state index in [9.17, 15) is 14.7 Å². The van der Waals surface area contributed by atoms with Crippen molar-refractivity contribution in [3.05, 3.63) is 24.3 Å². The zero-order valence-electron chi connectivity index (χ0n) is 9.40. The summed E-state index contributed by atoms with van der Waals surface area (Å²) in [5.74, 6) is -0.319. The number of amides is 2. The summed E-state index contributed by atoms with van der Waals surface area (Å²) in [6, 6.07) is 5.72. The van der Waals surface area contributed by atoms with Crippen molar-refractivity contribution in [2.24, 2.45) is 0 Å². The van der Waals surface area contributed by atoms with Crippen molar-refractivity contribution >= 4 is 17.7 Å². The quantitative estimate of drug-likeness (QED) is 0.685. The van der Waals surface area contributed by atoms with Crippen LogP contribution in [0.15, 0.2) is 24.3 Å². The SMILES string of the molecule is COC(=O)CCNC(=O)Nc1cccc(O)c1. The van der Waals surface area contributed by atoms with Crippen LogP contribution in [0.25, 0.3) is 0 Å². The molecular weight excluding hydrogens is 224 g/mol. The van der Waals surface area contributed by atoms with Crippen molar-refractivity contribution in [3.63, 3.8) is 0 Å². The minimum absolute atomic E-state index is 0.0670. The summed E-state index contributed by atoms with van der Waals surface area (Å²) in [5.41, 5.74) is 0.473. The first-order chi connectivity index (χ1) is 8.11. The Bertz CT molecular complexity index is 406. The Balaban J connectivity index is 2.32. The van der Waals surface area contributed by atoms with Crippen molar-refractivity contribution in [2.75, 3.05) is 19.0 Å². The van der Waals surface area contributed by atoms with E-state index in [1.165, 1.54) is 19.2 Å². The summed E-state index contributed by atoms with van der Waals surface area (Å²) in [6.07, 6.45) is 0.115. The summed E-state index contributed by atoms with van der Waals surface area (Å²) < 4.78 is 4.42. The Hall–Kier alpha value is -2.24. The number of methoxy groups -OCH3 is 1. The molecule has 6 heteroatoms. The normalized spacial score (nSPS) is 9.47. The second-order valence-corrected chi connectivity index (χ2v) is 3.26. The van der Waals surface area contributed by atoms with Crippen LogP contribution in [0.1, 0.15) is 6.42 Å². The maximum Gasteiger partial charge on any atom is 0.319 e. The Kier molecular flexibility index (Phi) is 4.80. The molecule has 0 fully saturated rings. The van der Waals surface area contributed by atoms with Crippen molar-refractivity contribution in [1.29, 1.82) is 0 Å². The summed E-state index contributed by atoms with van der Waals surface area (Å²) in [4.78, 5) is 22.1. The molecule has 0 atom stereocenters. The van der Waals surface area contributed by atoms with Gasteiger partial charge in [-0.3, -0.25) is 4.79 Å². The molecule has 1 aromatic rings. The van der Waals surface area contributed by atoms with Gasteiger partial charge in [-0.1, -0.05) is 6.07 Å². The summed E-state index contributed by atoms with van der Waals surface area (Å²) in [5, 5.41) is 14.2. The molecule has 0 aromatic heterocycles. The van der Waals surface area contributed by atoms with E-state index < -0.39 is 6.03 Å². The van der Waals surface area contributed by atoms with Crippen molar-refractivity contribution in [2.45, 2.75) is 6.42 Å². The Labute approximate surface area is 98.6 Å². The Morgan fingerprint density at radius 3 is 2.82 bits per heavy atom. The average Bonchev–Trinajstić information content (AvgIpc) is 2.28. The molecule has 0 spiro atoms. The van der Waals surface area contributed by atoms with Crippen molar-refractivity contribution in [1.82, 2.24) is 5.32 Å². The number of carbonyl (C=O) groups is 2. The highest BCUT2D eigenvalue weighted by Gasteiger charge is 2.04. The van der Waals surface area contributed by atoms with E-state index in [4.69, 9.17) is 0 Å². The van der Waals surface area contributed by atoms with Crippen LogP contribution in [-0.4, -0.2) is 30.8 Å². The number of benzene rings is 1. The second-order valence-electron chi connectivity index (χ2n) is 3.26. The highest BCUT2D eigenvalue weighted by atomic mass is 16.5. The number of phenols is 1. The molecule has 0 heterocycles. The third kappa shape index (κ3) is 4.87. The zero-order valence-corrected chi connectivity index (χ0v) is 9.40. The summed E-state index contributed by atoms with van der Waals surface area (Å²) >= 11 is 0. The first-order valence-corrected chi connectivity index (χ1v) is 5.02. The van der Waals surface area contributed by atoms with Crippen molar-refractivity contribution < 1.29 is 19.4 Å². The molecule has 6 nitrogen and oxygen atoms in total. The fourth-order valence-corrected chi connectivity index (χ4v) is 1.14. The molecule has 3 N–H and O–H groups in total. The predicted octanol–water partition coefficient (Wildman–Crippen LogP) is 1.08. The van der Waals surface area contributed by atoms with E-state index in [1.807, 2.05) is 0 Å². The lowest BCUT2D eigenvalue weighted by Gasteiger charge is -2.07. The number of aromatic hydroxyl groups is 1. The van der Waals surface area contributed by atoms with Gasteiger partial charge < -0.3 is 20.5 Å². The Morgan fingerprint density at radius 1 is 1.41 bits per heavy atom. The lowest BCUT2D eigenvalue weighted by atomic mass is 10.3. The van der Waals surface area contributed by atoms with E-state index in [1.54, 1.807) is 12.1 Å². The largest absolute Gasteiger partial charge is 0.508 e. The van der Waals surface area contributed by atoms with Crippen LogP contribution in [0.2, 0.25) is 0 Å². The number of esters is 1. The highest BCUT2D eigenvalue weighted by Crippen LogP contribution is 2.14. The molecule has 0 unspecified atom stereocenters. The van der Waals surface area contributed by atoms with Crippen LogP contribution in [-0.2, 0) is 9.53 Å². The van der Waals surface area contributed by atoms with Crippen LogP contribution in [0.5, 0.6) is 5.75 Å². The molecule has 1 aromatic carbocycles. The van der Waals surface area contributed by atoms with Crippen LogP contribution in [0.3, 0.4) is 0 Å². The molecule has 0 aliphatic rings. The monoisotopic (exact) mass is 238 g/mol. The highest BCUT2D eigenvalue weighted by molar-refractivity contribution is 5.89. The summed E-state index contributed by atoms with van der Waals surface area (Å²) in [6.45, 7) is 0.192. The third-order valence-corrected chi connectivity index (χ3v) is 1.95. The van der Waals surface area contributed by atoms with Crippen LogP contribution >= 0.6 is 0 Å². The number of urea groups is 1. The molecule has 0 saturated carbocycles. The number of rotatable bonds is 4. The molecular formula is C11H14N2O4. The maximum atomic E-state index is 11.3. The van der Waals surface area contributed by atoms with E-state index in [-0.39, 0.29) is 24.7 Å². The minimum atomic E-state index is -0.445. The van der Waals surface area contributed by atoms with Gasteiger partial charge in [0.1, 0.15) is 5.75 Å². The number of ether oxygens (including phenoxy) is 1. The topological polar surface area (TPSA) is 87.7 Å². The summed E-state index contributed by atoms with van der Waals surface area (Å²) in [7, 11) is 1.29. The average molecular weight is 238 g/mol. The van der Waals surface area contributed by atoms with Gasteiger partial charge in [0.2, 0.25) is 0 Å². The van der Waals surface area contributed by atoms with Gasteiger partial charge in [-0.25, -0.2) is 4.79 Å². The fraction of sp³-hybridized carbons (Fsp3) is 0.273. The Morgan fingerprint density at radius 2 is 2.18 bits per heavy atom. The van der Waals surface area contributed by atoms with Gasteiger partial charge in [0, 0.05) is 18.3 Å². The van der Waals surface area contributed by atoms with E-state index in [2.05, 4.69) is 15.4 Å². The van der Waals surface area contributed by atoms with Crippen LogP contribution < -0.4 is 10.6 Å². The number of phenolic OH excluding ortho intramolecular Hbond substituents is 1. The molecule has 0 bridgehead atoms. The van der Waals surface area contributed by atoms with Gasteiger partial charge >= 0.3 is 12.0 Å². The minimum Gasteiger partial charge on any atom is -0.508 e. The van der Waals surface area contributed by atoms with Crippen LogP contribution in [0, 0.1) is 0 Å². The number of nitrogens with one attached hydrogen (secondary N) is 2. The first kappa shape index (κ1) is 12.8. The van der Waals surface area contributed by atoms with E-state index in [0.29, 0.717) is 5.69 Å². The molecule has 17 heavy (non-hydrogen) atoms. The van der Waals surface area contributed by atoms with E-state index >= 15 is 0 Å². The third-order valence-electron chi connectivity index (χ3n) is 1.95. The number of hydrogen-bond donors (Lipinski definition) is 3. The zero-order chi connectivity index (χ0) is 12.7. The lowest BCUT2D eigenvalue weighted by Crippen LogP contribution is -2.30.